The first kappa shape index (κ1) is 14.6. The molecule has 2 aromatic carbocycles. The fraction of sp³-hybridized carbons (Fsp3) is 0.200. The lowest BCUT2D eigenvalue weighted by molar-refractivity contribution is 0.598. The predicted molar refractivity (Wildman–Crippen MR) is 81.2 cm³/mol. The Labute approximate surface area is 119 Å². The van der Waals surface area contributed by atoms with Gasteiger partial charge in [-0.15, -0.1) is 0 Å². The van der Waals surface area contributed by atoms with Crippen molar-refractivity contribution in [1.29, 1.82) is 0 Å². The Morgan fingerprint density at radius 1 is 1.05 bits per heavy atom. The largest absolute Gasteiger partial charge is 0.384 e. The molecule has 20 heavy (non-hydrogen) atoms. The van der Waals surface area contributed by atoms with Gasteiger partial charge in [-0.2, -0.15) is 0 Å². The minimum Gasteiger partial charge on any atom is -0.384 e. The van der Waals surface area contributed by atoms with E-state index < -0.39 is 10.0 Å². The first-order valence-corrected chi connectivity index (χ1v) is 7.93. The smallest absolute Gasteiger partial charge is 0.238 e. The Kier molecular flexibility index (Phi) is 4.42. The number of sulfonamides is 1. The van der Waals surface area contributed by atoms with Crippen LogP contribution in [0.3, 0.4) is 0 Å². The van der Waals surface area contributed by atoms with Crippen LogP contribution in [0.5, 0.6) is 0 Å². The Balaban J connectivity index is 1.98. The van der Waals surface area contributed by atoms with E-state index in [0.717, 1.165) is 12.2 Å². The normalized spacial score (nSPS) is 12.9. The van der Waals surface area contributed by atoms with E-state index in [1.54, 1.807) is 12.1 Å². The molecule has 2 aromatic rings. The number of benzene rings is 2. The molecule has 0 saturated carbocycles. The molecule has 0 bridgehead atoms. The maximum absolute atomic E-state index is 11.2. The maximum atomic E-state index is 11.2. The topological polar surface area (TPSA) is 72.2 Å². The highest BCUT2D eigenvalue weighted by molar-refractivity contribution is 7.89. The van der Waals surface area contributed by atoms with Crippen molar-refractivity contribution in [1.82, 2.24) is 0 Å². The monoisotopic (exact) mass is 290 g/mol. The molecule has 0 fully saturated rings. The molecular weight excluding hydrogens is 272 g/mol. The molecule has 0 saturated heterocycles. The second kappa shape index (κ2) is 6.07. The van der Waals surface area contributed by atoms with E-state index >= 15 is 0 Å². The van der Waals surface area contributed by atoms with Crippen molar-refractivity contribution in [2.45, 2.75) is 17.7 Å². The van der Waals surface area contributed by atoms with Gasteiger partial charge in [-0.25, -0.2) is 13.6 Å². The Morgan fingerprint density at radius 3 is 2.20 bits per heavy atom. The van der Waals surface area contributed by atoms with Crippen molar-refractivity contribution in [2.75, 3.05) is 11.9 Å². The molecule has 0 aliphatic rings. The second-order valence-electron chi connectivity index (χ2n) is 4.76. The van der Waals surface area contributed by atoms with Gasteiger partial charge in [0, 0.05) is 12.2 Å². The Bertz CT molecular complexity index is 652. The summed E-state index contributed by atoms with van der Waals surface area (Å²) < 4.78 is 22.3. The predicted octanol–water partition coefficient (Wildman–Crippen LogP) is 2.55. The van der Waals surface area contributed by atoms with Crippen LogP contribution in [0.25, 0.3) is 0 Å². The van der Waals surface area contributed by atoms with Gasteiger partial charge in [-0.3, -0.25) is 0 Å². The summed E-state index contributed by atoms with van der Waals surface area (Å²) in [7, 11) is -3.62. The van der Waals surface area contributed by atoms with Gasteiger partial charge >= 0.3 is 0 Å². The van der Waals surface area contributed by atoms with Crippen molar-refractivity contribution >= 4 is 15.7 Å². The first-order valence-electron chi connectivity index (χ1n) is 6.38. The number of anilines is 1. The van der Waals surface area contributed by atoms with Gasteiger partial charge in [0.1, 0.15) is 0 Å². The molecule has 0 unspecified atom stereocenters. The molecule has 3 N–H and O–H groups in total. The zero-order valence-corrected chi connectivity index (χ0v) is 12.1. The summed E-state index contributed by atoms with van der Waals surface area (Å²) in [4.78, 5) is 0.124. The van der Waals surface area contributed by atoms with Gasteiger partial charge in [-0.05, 0) is 35.7 Å². The van der Waals surface area contributed by atoms with Crippen molar-refractivity contribution in [2.24, 2.45) is 5.14 Å². The van der Waals surface area contributed by atoms with Crippen LogP contribution in [-0.4, -0.2) is 15.0 Å². The van der Waals surface area contributed by atoms with Gasteiger partial charge in [0.25, 0.3) is 0 Å². The van der Waals surface area contributed by atoms with Gasteiger partial charge in [0.2, 0.25) is 10.0 Å². The minimum absolute atomic E-state index is 0.124. The van der Waals surface area contributed by atoms with Crippen LogP contribution in [-0.2, 0) is 10.0 Å². The third-order valence-corrected chi connectivity index (χ3v) is 4.09. The van der Waals surface area contributed by atoms with Crippen molar-refractivity contribution in [3.8, 4) is 0 Å². The Morgan fingerprint density at radius 2 is 1.65 bits per heavy atom. The number of rotatable bonds is 5. The number of hydrogen-bond acceptors (Lipinski definition) is 3. The standard InChI is InChI=1S/C15H18N2O2S/c1-12(13-5-3-2-4-6-13)11-17-14-7-9-15(10-8-14)20(16,18)19/h2-10,12,17H,11H2,1H3,(H2,16,18,19)/t12-/m1/s1. The van der Waals surface area contributed by atoms with Gasteiger partial charge in [-0.1, -0.05) is 37.3 Å². The van der Waals surface area contributed by atoms with Gasteiger partial charge in [0.05, 0.1) is 4.90 Å². The summed E-state index contributed by atoms with van der Waals surface area (Å²) in [5.74, 6) is 0.370. The molecule has 5 heteroatoms. The van der Waals surface area contributed by atoms with Crippen LogP contribution < -0.4 is 10.5 Å². The number of nitrogens with two attached hydrogens (primary N) is 1. The van der Waals surface area contributed by atoms with E-state index in [1.807, 2.05) is 18.2 Å². The number of nitrogens with one attached hydrogen (secondary N) is 1. The Hall–Kier alpha value is -1.85. The summed E-state index contributed by atoms with van der Waals surface area (Å²) in [5.41, 5.74) is 2.14. The maximum Gasteiger partial charge on any atom is 0.238 e. The van der Waals surface area contributed by atoms with Gasteiger partial charge < -0.3 is 5.32 Å². The molecule has 4 nitrogen and oxygen atoms in total. The van der Waals surface area contributed by atoms with Crippen LogP contribution >= 0.6 is 0 Å². The lowest BCUT2D eigenvalue weighted by Crippen LogP contribution is -2.12. The quantitative estimate of drug-likeness (QED) is 0.889. The van der Waals surface area contributed by atoms with E-state index in [0.29, 0.717) is 5.92 Å². The fourth-order valence-corrected chi connectivity index (χ4v) is 2.45. The highest BCUT2D eigenvalue weighted by Gasteiger charge is 2.07. The number of hydrogen-bond donors (Lipinski definition) is 2. The van der Waals surface area contributed by atoms with Crippen LogP contribution in [0.2, 0.25) is 0 Å². The van der Waals surface area contributed by atoms with E-state index in [-0.39, 0.29) is 4.90 Å². The lowest BCUT2D eigenvalue weighted by atomic mass is 10.0. The first-order chi connectivity index (χ1) is 9.47. The average molecular weight is 290 g/mol. The van der Waals surface area contributed by atoms with Crippen LogP contribution in [0, 0.1) is 0 Å². The molecule has 0 heterocycles. The summed E-state index contributed by atoms with van der Waals surface area (Å²) in [6, 6.07) is 16.7. The molecule has 0 aliphatic heterocycles. The van der Waals surface area contributed by atoms with E-state index in [1.165, 1.54) is 17.7 Å². The second-order valence-corrected chi connectivity index (χ2v) is 6.32. The molecule has 0 aliphatic carbocycles. The highest BCUT2D eigenvalue weighted by Crippen LogP contribution is 2.17. The van der Waals surface area contributed by atoms with Crippen LogP contribution in [0.1, 0.15) is 18.4 Å². The zero-order chi connectivity index (χ0) is 14.6. The summed E-state index contributed by atoms with van der Waals surface area (Å²) >= 11 is 0. The lowest BCUT2D eigenvalue weighted by Gasteiger charge is -2.14. The van der Waals surface area contributed by atoms with Crippen molar-refractivity contribution in [3.05, 3.63) is 60.2 Å². The van der Waals surface area contributed by atoms with Gasteiger partial charge in [0.15, 0.2) is 0 Å². The van der Waals surface area contributed by atoms with Crippen molar-refractivity contribution < 1.29 is 8.42 Å². The summed E-state index contributed by atoms with van der Waals surface area (Å²) in [6.45, 7) is 2.92. The SMILES string of the molecule is C[C@H](CNc1ccc(S(N)(=O)=O)cc1)c1ccccc1. The third-order valence-electron chi connectivity index (χ3n) is 3.16. The highest BCUT2D eigenvalue weighted by atomic mass is 32.2. The minimum atomic E-state index is -3.62. The summed E-state index contributed by atoms with van der Waals surface area (Å²) in [6.07, 6.45) is 0. The van der Waals surface area contributed by atoms with E-state index in [4.69, 9.17) is 5.14 Å². The zero-order valence-electron chi connectivity index (χ0n) is 11.3. The molecule has 0 spiro atoms. The summed E-state index contributed by atoms with van der Waals surface area (Å²) in [5, 5.41) is 8.34. The molecule has 1 atom stereocenters. The molecular formula is C15H18N2O2S. The average Bonchev–Trinajstić information content (AvgIpc) is 2.45. The van der Waals surface area contributed by atoms with Crippen LogP contribution in [0.15, 0.2) is 59.5 Å². The molecule has 0 aromatic heterocycles. The fourth-order valence-electron chi connectivity index (χ4n) is 1.93. The van der Waals surface area contributed by atoms with Crippen LogP contribution in [0.4, 0.5) is 5.69 Å². The number of primary sulfonamides is 1. The van der Waals surface area contributed by atoms with E-state index in [9.17, 15) is 8.42 Å². The van der Waals surface area contributed by atoms with Crippen molar-refractivity contribution in [3.63, 3.8) is 0 Å². The van der Waals surface area contributed by atoms with E-state index in [2.05, 4.69) is 24.4 Å². The molecule has 106 valence electrons. The molecule has 0 amide bonds. The third kappa shape index (κ3) is 3.82. The molecule has 2 rings (SSSR count). The molecule has 0 radical (unpaired) electrons.